The fraction of sp³-hybridized carbons (Fsp3) is 0. The molecule has 0 N–H and O–H groups in total. The van der Waals surface area contributed by atoms with Crippen LogP contribution in [0.3, 0.4) is 0 Å². The second-order valence-corrected chi connectivity index (χ2v) is 3.94. The van der Waals surface area contributed by atoms with Crippen molar-refractivity contribution < 1.29 is 37.7 Å². The van der Waals surface area contributed by atoms with Gasteiger partial charge in [-0.3, -0.25) is 0 Å². The number of para-hydroxylation sites is 3. The van der Waals surface area contributed by atoms with Gasteiger partial charge in [-0.2, -0.15) is 0 Å². The normalized spacial score (nSPS) is 8.18. The molecule has 3 rings (SSSR count). The number of hydrogen-bond donors (Lipinski definition) is 0. The zero-order valence-corrected chi connectivity index (χ0v) is 14.0. The van der Waals surface area contributed by atoms with Crippen LogP contribution >= 0.6 is 0 Å². The van der Waals surface area contributed by atoms with Crippen molar-refractivity contribution in [3.8, 4) is 17.2 Å². The van der Waals surface area contributed by atoms with Crippen LogP contribution in [0.4, 0.5) is 0 Å². The molecule has 0 unspecified atom stereocenters. The molecule has 0 radical (unpaired) electrons. The summed E-state index contributed by atoms with van der Waals surface area (Å²) in [6, 6.07) is 25.0. The average Bonchev–Trinajstić information content (AvgIpc) is 2.51. The summed E-state index contributed by atoms with van der Waals surface area (Å²) in [4.78, 5) is 0. The first-order valence-corrected chi connectivity index (χ1v) is 6.34. The van der Waals surface area contributed by atoms with E-state index in [4.69, 9.17) is 0 Å². The van der Waals surface area contributed by atoms with E-state index in [1.165, 1.54) is 36.4 Å². The third-order valence-corrected chi connectivity index (χ3v) is 2.23. The number of rotatable bonds is 0. The molecule has 110 valence electrons. The molecule has 0 spiro atoms. The van der Waals surface area contributed by atoms with Gasteiger partial charge in [-0.25, -0.2) is 0 Å². The molecule has 4 heteroatoms. The first-order valence-electron chi connectivity index (χ1n) is 6.34. The van der Waals surface area contributed by atoms with Gasteiger partial charge in [0.1, 0.15) is 0 Å². The Morgan fingerprint density at radius 3 is 0.636 bits per heavy atom. The summed E-state index contributed by atoms with van der Waals surface area (Å²) in [5.41, 5.74) is 0. The SMILES string of the molecule is [Nb+3].[O-]c1ccccc1.[O-]c1ccccc1.[O-]c1ccccc1. The molecule has 3 nitrogen and oxygen atoms in total. The topological polar surface area (TPSA) is 69.2 Å². The molecule has 0 fully saturated rings. The van der Waals surface area contributed by atoms with E-state index in [-0.39, 0.29) is 39.6 Å². The molecule has 0 bridgehead atoms. The molecule has 0 aromatic heterocycles. The first kappa shape index (κ1) is 19.8. The van der Waals surface area contributed by atoms with E-state index in [1.54, 1.807) is 36.4 Å². The van der Waals surface area contributed by atoms with E-state index in [9.17, 15) is 15.3 Å². The summed E-state index contributed by atoms with van der Waals surface area (Å²) in [6.07, 6.45) is 0. The maximum Gasteiger partial charge on any atom is 3.00 e. The monoisotopic (exact) mass is 372 g/mol. The maximum atomic E-state index is 10.3. The van der Waals surface area contributed by atoms with Crippen LogP contribution in [0.15, 0.2) is 91.0 Å². The molecule has 3 aromatic rings. The van der Waals surface area contributed by atoms with E-state index in [0.29, 0.717) is 0 Å². The van der Waals surface area contributed by atoms with E-state index in [1.807, 2.05) is 18.2 Å². The zero-order chi connectivity index (χ0) is 15.3. The van der Waals surface area contributed by atoms with Crippen molar-refractivity contribution in [2.24, 2.45) is 0 Å². The van der Waals surface area contributed by atoms with Crippen LogP contribution in [0.25, 0.3) is 0 Å². The molecule has 0 aliphatic carbocycles. The smallest absolute Gasteiger partial charge is 0.872 e. The Balaban J connectivity index is 0.000000294. The largest absolute Gasteiger partial charge is 3.00 e. The molecule has 3 aromatic carbocycles. The molecule has 0 heterocycles. The van der Waals surface area contributed by atoms with Gasteiger partial charge in [0.2, 0.25) is 0 Å². The molecule has 0 saturated carbocycles. The molecule has 0 aliphatic heterocycles. The van der Waals surface area contributed by atoms with Gasteiger partial charge in [-0.05, 0) is 0 Å². The molecule has 0 atom stereocenters. The van der Waals surface area contributed by atoms with Gasteiger partial charge in [0.15, 0.2) is 0 Å². The van der Waals surface area contributed by atoms with Gasteiger partial charge >= 0.3 is 22.4 Å². The van der Waals surface area contributed by atoms with Crippen molar-refractivity contribution in [3.63, 3.8) is 0 Å². The Kier molecular flexibility index (Phi) is 11.3. The van der Waals surface area contributed by atoms with Gasteiger partial charge in [0.25, 0.3) is 0 Å². The number of benzene rings is 3. The molecule has 0 amide bonds. The fourth-order valence-corrected chi connectivity index (χ4v) is 1.26. The summed E-state index contributed by atoms with van der Waals surface area (Å²) >= 11 is 0. The first-order chi connectivity index (χ1) is 10.2. The van der Waals surface area contributed by atoms with Crippen molar-refractivity contribution >= 4 is 0 Å². The maximum absolute atomic E-state index is 10.3. The zero-order valence-electron chi connectivity index (χ0n) is 11.8. The van der Waals surface area contributed by atoms with E-state index < -0.39 is 0 Å². The minimum atomic E-state index is 0. The van der Waals surface area contributed by atoms with Gasteiger partial charge in [0, 0.05) is 0 Å². The predicted molar refractivity (Wildman–Crippen MR) is 77.7 cm³/mol. The summed E-state index contributed by atoms with van der Waals surface area (Å²) in [5, 5.41) is 30.8. The van der Waals surface area contributed by atoms with Gasteiger partial charge in [-0.15, -0.1) is 17.2 Å². The third-order valence-electron chi connectivity index (χ3n) is 2.23. The van der Waals surface area contributed by atoms with Crippen molar-refractivity contribution in [3.05, 3.63) is 91.0 Å². The summed E-state index contributed by atoms with van der Waals surface area (Å²) in [6.45, 7) is 0. The predicted octanol–water partition coefficient (Wildman–Crippen LogP) is 2.28. The molecular formula is C18H15NbO3. The molecule has 0 saturated heterocycles. The fourth-order valence-electron chi connectivity index (χ4n) is 1.26. The van der Waals surface area contributed by atoms with Crippen LogP contribution in [0, 0.1) is 0 Å². The quantitative estimate of drug-likeness (QED) is 0.569. The minimum Gasteiger partial charge on any atom is -0.872 e. The van der Waals surface area contributed by atoms with Gasteiger partial charge < -0.3 is 15.3 Å². The molecule has 0 aliphatic rings. The third kappa shape index (κ3) is 10.6. The van der Waals surface area contributed by atoms with Gasteiger partial charge in [-0.1, -0.05) is 91.0 Å². The van der Waals surface area contributed by atoms with Gasteiger partial charge in [0.05, 0.1) is 0 Å². The Labute approximate surface area is 146 Å². The summed E-state index contributed by atoms with van der Waals surface area (Å²) < 4.78 is 0. The van der Waals surface area contributed by atoms with Crippen molar-refractivity contribution in [1.29, 1.82) is 0 Å². The summed E-state index contributed by atoms with van der Waals surface area (Å²) in [7, 11) is 0. The van der Waals surface area contributed by atoms with Crippen LogP contribution in [-0.2, 0) is 22.4 Å². The standard InChI is InChI=1S/3C6H6O.Nb/c3*7-6-4-2-1-3-5-6;/h3*1-5,7H;/q;;;+3/p-3. The summed E-state index contributed by atoms with van der Waals surface area (Å²) in [5.74, 6) is 0.215. The molecule has 22 heavy (non-hydrogen) atoms. The second-order valence-electron chi connectivity index (χ2n) is 3.94. The van der Waals surface area contributed by atoms with Crippen LogP contribution in [-0.4, -0.2) is 0 Å². The van der Waals surface area contributed by atoms with E-state index >= 15 is 0 Å². The molecular weight excluding hydrogens is 357 g/mol. The van der Waals surface area contributed by atoms with Crippen LogP contribution < -0.4 is 15.3 Å². The Bertz CT molecular complexity index is 497. The van der Waals surface area contributed by atoms with Crippen LogP contribution in [0.1, 0.15) is 0 Å². The van der Waals surface area contributed by atoms with Crippen LogP contribution in [0.2, 0.25) is 0 Å². The Morgan fingerprint density at radius 2 is 0.545 bits per heavy atom. The van der Waals surface area contributed by atoms with E-state index in [0.717, 1.165) is 0 Å². The van der Waals surface area contributed by atoms with E-state index in [2.05, 4.69) is 0 Å². The average molecular weight is 372 g/mol. The minimum absolute atomic E-state index is 0. The van der Waals surface area contributed by atoms with Crippen molar-refractivity contribution in [2.45, 2.75) is 0 Å². The van der Waals surface area contributed by atoms with Crippen molar-refractivity contribution in [1.82, 2.24) is 0 Å². The second kappa shape index (κ2) is 12.5. The Morgan fingerprint density at radius 1 is 0.364 bits per heavy atom. The van der Waals surface area contributed by atoms with Crippen LogP contribution in [0.5, 0.6) is 17.2 Å². The number of hydrogen-bond acceptors (Lipinski definition) is 3. The Hall–Kier alpha value is -2.20. The van der Waals surface area contributed by atoms with Crippen molar-refractivity contribution in [2.75, 3.05) is 0 Å².